The molecule has 0 bridgehead atoms. The molecule has 1 aromatic carbocycles. The molecule has 4 N–H and O–H groups in total. The van der Waals surface area contributed by atoms with Crippen LogP contribution in [0.25, 0.3) is 0 Å². The molecular weight excluding hydrogens is 217 g/mol. The van der Waals surface area contributed by atoms with E-state index in [1.165, 1.54) is 18.2 Å². The van der Waals surface area contributed by atoms with Crippen molar-refractivity contribution in [1.82, 2.24) is 0 Å². The van der Waals surface area contributed by atoms with Gasteiger partial charge in [0.25, 0.3) is 0 Å². The highest BCUT2D eigenvalue weighted by Crippen LogP contribution is 2.27. The minimum atomic E-state index is -1.31. The van der Waals surface area contributed by atoms with Crippen LogP contribution >= 0.6 is 12.6 Å². The fourth-order valence-corrected chi connectivity index (χ4v) is 1.61. The largest absolute Gasteiger partial charge is 0.398 e. The Labute approximate surface area is 93.1 Å². The average molecular weight is 231 g/mol. The summed E-state index contributed by atoms with van der Waals surface area (Å²) < 4.78 is 13.3. The van der Waals surface area contributed by atoms with Gasteiger partial charge in [-0.15, -0.1) is 0 Å². The number of benzene rings is 1. The molecule has 0 aliphatic carbocycles. The van der Waals surface area contributed by atoms with Crippen molar-refractivity contribution in [1.29, 1.82) is 0 Å². The number of nitrogen functional groups attached to an aromatic ring is 1. The molecular formula is C10H14FNO2S. The van der Waals surface area contributed by atoms with Crippen molar-refractivity contribution in [2.24, 2.45) is 0 Å². The zero-order valence-electron chi connectivity index (χ0n) is 8.10. The molecule has 0 spiro atoms. The Morgan fingerprint density at radius 3 is 2.60 bits per heavy atom. The van der Waals surface area contributed by atoms with E-state index in [4.69, 9.17) is 5.73 Å². The fourth-order valence-electron chi connectivity index (χ4n) is 1.35. The van der Waals surface area contributed by atoms with Gasteiger partial charge in [0.15, 0.2) is 0 Å². The van der Waals surface area contributed by atoms with Crippen molar-refractivity contribution in [2.75, 3.05) is 11.5 Å². The minimum absolute atomic E-state index is 0.0493. The molecule has 0 saturated carbocycles. The second kappa shape index (κ2) is 5.34. The Hall–Kier alpha value is -0.780. The van der Waals surface area contributed by atoms with E-state index in [0.717, 1.165) is 0 Å². The molecule has 5 heteroatoms. The Morgan fingerprint density at radius 1 is 1.40 bits per heavy atom. The molecule has 0 saturated heterocycles. The van der Waals surface area contributed by atoms with Gasteiger partial charge in [-0.1, -0.05) is 6.07 Å². The lowest BCUT2D eigenvalue weighted by Crippen LogP contribution is -2.21. The van der Waals surface area contributed by atoms with Gasteiger partial charge < -0.3 is 15.9 Å². The SMILES string of the molecule is Nc1cccc(F)c1C(O)C(O)CCS. The zero-order chi connectivity index (χ0) is 11.4. The van der Waals surface area contributed by atoms with Gasteiger partial charge in [0.1, 0.15) is 11.9 Å². The third kappa shape index (κ3) is 2.84. The van der Waals surface area contributed by atoms with Gasteiger partial charge in [-0.05, 0) is 24.3 Å². The number of hydrogen-bond donors (Lipinski definition) is 4. The zero-order valence-corrected chi connectivity index (χ0v) is 8.99. The number of anilines is 1. The molecule has 0 fully saturated rings. The van der Waals surface area contributed by atoms with Gasteiger partial charge in [0.2, 0.25) is 0 Å². The summed E-state index contributed by atoms with van der Waals surface area (Å²) in [5.41, 5.74) is 5.62. The molecule has 0 radical (unpaired) electrons. The van der Waals surface area contributed by atoms with Gasteiger partial charge in [-0.2, -0.15) is 12.6 Å². The highest BCUT2D eigenvalue weighted by atomic mass is 32.1. The van der Waals surface area contributed by atoms with Crippen LogP contribution in [0.3, 0.4) is 0 Å². The lowest BCUT2D eigenvalue weighted by Gasteiger charge is -2.19. The Kier molecular flexibility index (Phi) is 4.38. The molecule has 0 aliphatic heterocycles. The van der Waals surface area contributed by atoms with Gasteiger partial charge in [-0.3, -0.25) is 0 Å². The molecule has 3 nitrogen and oxygen atoms in total. The normalized spacial score (nSPS) is 14.9. The summed E-state index contributed by atoms with van der Waals surface area (Å²) in [5.74, 6) is -0.201. The first-order valence-electron chi connectivity index (χ1n) is 4.58. The quantitative estimate of drug-likeness (QED) is 0.464. The maximum atomic E-state index is 13.3. The summed E-state index contributed by atoms with van der Waals surface area (Å²) in [6.07, 6.45) is -2.09. The van der Waals surface area contributed by atoms with Crippen LogP contribution in [0.1, 0.15) is 18.1 Å². The average Bonchev–Trinajstić information content (AvgIpc) is 2.17. The van der Waals surface area contributed by atoms with Crippen LogP contribution in [-0.2, 0) is 0 Å². The molecule has 2 atom stereocenters. The third-order valence-electron chi connectivity index (χ3n) is 2.17. The van der Waals surface area contributed by atoms with Crippen molar-refractivity contribution < 1.29 is 14.6 Å². The van der Waals surface area contributed by atoms with E-state index in [1.54, 1.807) is 0 Å². The van der Waals surface area contributed by atoms with E-state index in [1.807, 2.05) is 0 Å². The number of nitrogens with two attached hydrogens (primary N) is 1. The van der Waals surface area contributed by atoms with Crippen LogP contribution in [0.4, 0.5) is 10.1 Å². The van der Waals surface area contributed by atoms with E-state index in [2.05, 4.69) is 12.6 Å². The number of thiol groups is 1. The Bertz CT molecular complexity index is 315. The summed E-state index contributed by atoms with van der Waals surface area (Å²) in [5, 5.41) is 19.2. The van der Waals surface area contributed by atoms with Gasteiger partial charge in [-0.25, -0.2) is 4.39 Å². The third-order valence-corrected chi connectivity index (χ3v) is 2.43. The van der Waals surface area contributed by atoms with Gasteiger partial charge >= 0.3 is 0 Å². The number of rotatable bonds is 4. The standard InChI is InChI=1S/C10H14FNO2S/c11-6-2-1-3-7(12)9(6)10(14)8(13)4-5-15/h1-3,8,10,13-15H,4-5,12H2. The number of aliphatic hydroxyl groups excluding tert-OH is 2. The first kappa shape index (κ1) is 12.3. The van der Waals surface area contributed by atoms with E-state index in [9.17, 15) is 14.6 Å². The summed E-state index contributed by atoms with van der Waals surface area (Å²) in [6.45, 7) is 0. The first-order valence-corrected chi connectivity index (χ1v) is 5.22. The molecule has 1 aromatic rings. The van der Waals surface area contributed by atoms with Crippen LogP contribution in [0.5, 0.6) is 0 Å². The second-order valence-corrected chi connectivity index (χ2v) is 3.71. The van der Waals surface area contributed by atoms with Crippen molar-refractivity contribution in [3.63, 3.8) is 0 Å². The topological polar surface area (TPSA) is 66.5 Å². The summed E-state index contributed by atoms with van der Waals surface area (Å²) in [6, 6.07) is 4.13. The molecule has 84 valence electrons. The number of halogens is 1. The monoisotopic (exact) mass is 231 g/mol. The maximum Gasteiger partial charge on any atom is 0.131 e. The van der Waals surface area contributed by atoms with Crippen molar-refractivity contribution >= 4 is 18.3 Å². The van der Waals surface area contributed by atoms with Crippen LogP contribution in [0, 0.1) is 5.82 Å². The van der Waals surface area contributed by atoms with Gasteiger partial charge in [0, 0.05) is 11.3 Å². The van der Waals surface area contributed by atoms with E-state index in [0.29, 0.717) is 5.75 Å². The van der Waals surface area contributed by atoms with Gasteiger partial charge in [0.05, 0.1) is 6.10 Å². The molecule has 15 heavy (non-hydrogen) atoms. The van der Waals surface area contributed by atoms with Crippen LogP contribution < -0.4 is 5.73 Å². The first-order chi connectivity index (χ1) is 7.07. The van der Waals surface area contributed by atoms with Crippen LogP contribution in [0.2, 0.25) is 0 Å². The number of aliphatic hydroxyl groups is 2. The van der Waals surface area contributed by atoms with E-state index in [-0.39, 0.29) is 17.7 Å². The Morgan fingerprint density at radius 2 is 2.07 bits per heavy atom. The molecule has 0 aliphatic rings. The molecule has 0 aromatic heterocycles. The van der Waals surface area contributed by atoms with E-state index < -0.39 is 18.0 Å². The van der Waals surface area contributed by atoms with Crippen molar-refractivity contribution in [3.8, 4) is 0 Å². The molecule has 1 rings (SSSR count). The predicted octanol–water partition coefficient (Wildman–Crippen LogP) is 1.12. The predicted molar refractivity (Wildman–Crippen MR) is 60.2 cm³/mol. The Balaban J connectivity index is 2.94. The molecule has 2 unspecified atom stereocenters. The van der Waals surface area contributed by atoms with Crippen molar-refractivity contribution in [2.45, 2.75) is 18.6 Å². The molecule has 0 amide bonds. The van der Waals surface area contributed by atoms with Crippen LogP contribution in [-0.4, -0.2) is 22.1 Å². The lowest BCUT2D eigenvalue weighted by atomic mass is 10.0. The highest BCUT2D eigenvalue weighted by Gasteiger charge is 2.22. The molecule has 0 heterocycles. The summed E-state index contributed by atoms with van der Waals surface area (Å²) in [7, 11) is 0. The lowest BCUT2D eigenvalue weighted by molar-refractivity contribution is 0.0156. The highest BCUT2D eigenvalue weighted by molar-refractivity contribution is 7.80. The fraction of sp³-hybridized carbons (Fsp3) is 0.400. The smallest absolute Gasteiger partial charge is 0.131 e. The van der Waals surface area contributed by atoms with E-state index >= 15 is 0 Å². The minimum Gasteiger partial charge on any atom is -0.398 e. The van der Waals surface area contributed by atoms with Crippen molar-refractivity contribution in [3.05, 3.63) is 29.6 Å². The maximum absolute atomic E-state index is 13.3. The summed E-state index contributed by atoms with van der Waals surface area (Å²) >= 11 is 3.92. The second-order valence-electron chi connectivity index (χ2n) is 3.27. The van der Waals surface area contributed by atoms with Crippen LogP contribution in [0.15, 0.2) is 18.2 Å². The summed E-state index contributed by atoms with van der Waals surface area (Å²) in [4.78, 5) is 0. The number of hydrogen-bond acceptors (Lipinski definition) is 4.